The molecule has 1 aliphatic rings. The van der Waals surface area contributed by atoms with Crippen LogP contribution in [0.1, 0.15) is 35.8 Å². The van der Waals surface area contributed by atoms with Gasteiger partial charge in [-0.2, -0.15) is 10.5 Å². The summed E-state index contributed by atoms with van der Waals surface area (Å²) in [5.41, 5.74) is 0.382. The number of nitriles is 2. The van der Waals surface area contributed by atoms with Crippen molar-refractivity contribution in [2.75, 3.05) is 0 Å². The summed E-state index contributed by atoms with van der Waals surface area (Å²) in [5, 5.41) is 20.5. The third kappa shape index (κ3) is 2.68. The van der Waals surface area contributed by atoms with Crippen molar-refractivity contribution in [3.8, 4) is 12.1 Å². The van der Waals surface area contributed by atoms with E-state index in [-0.39, 0.29) is 18.6 Å². The van der Waals surface area contributed by atoms with Crippen LogP contribution in [0.3, 0.4) is 0 Å². The normalized spacial score (nSPS) is 22.4. The van der Waals surface area contributed by atoms with Crippen LogP contribution >= 0.6 is 11.6 Å². The molecule has 3 rings (SSSR count). The monoisotopic (exact) mass is 334 g/mol. The first kappa shape index (κ1) is 16.2. The van der Waals surface area contributed by atoms with Crippen molar-refractivity contribution in [2.24, 2.45) is 5.41 Å². The minimum Gasteiger partial charge on any atom is -0.300 e. The number of hydrogen-bond acceptors (Lipinski definition) is 3. The molecule has 118 valence electrons. The van der Waals surface area contributed by atoms with Crippen LogP contribution in [0.15, 0.2) is 54.6 Å². The van der Waals surface area contributed by atoms with Crippen molar-refractivity contribution >= 4 is 17.4 Å². The third-order valence-electron chi connectivity index (χ3n) is 4.81. The highest BCUT2D eigenvalue weighted by atomic mass is 35.5. The van der Waals surface area contributed by atoms with Gasteiger partial charge in [0.25, 0.3) is 0 Å². The number of carbonyl (C=O) groups excluding carboxylic acids is 1. The molecule has 0 spiro atoms. The Morgan fingerprint density at radius 2 is 1.38 bits per heavy atom. The van der Waals surface area contributed by atoms with Crippen molar-refractivity contribution in [3.05, 3.63) is 70.7 Å². The smallest absolute Gasteiger partial charge is 0.158 e. The molecular weight excluding hydrogens is 320 g/mol. The van der Waals surface area contributed by atoms with Crippen LogP contribution in [-0.4, -0.2) is 5.78 Å². The zero-order valence-corrected chi connectivity index (χ0v) is 13.7. The van der Waals surface area contributed by atoms with E-state index in [2.05, 4.69) is 12.1 Å². The highest BCUT2D eigenvalue weighted by Crippen LogP contribution is 2.53. The van der Waals surface area contributed by atoms with Crippen LogP contribution in [0, 0.1) is 28.1 Å². The molecule has 24 heavy (non-hydrogen) atoms. The molecule has 0 bridgehead atoms. The van der Waals surface area contributed by atoms with Gasteiger partial charge in [0.2, 0.25) is 0 Å². The summed E-state index contributed by atoms with van der Waals surface area (Å²) in [7, 11) is 0. The molecular formula is C20H15ClN2O. The summed E-state index contributed by atoms with van der Waals surface area (Å²) >= 11 is 5.95. The topological polar surface area (TPSA) is 64.7 Å². The lowest BCUT2D eigenvalue weighted by Gasteiger charge is -2.40. The molecule has 2 aromatic rings. The van der Waals surface area contributed by atoms with Crippen LogP contribution in [0.2, 0.25) is 5.02 Å². The molecule has 0 amide bonds. The first-order valence-electron chi connectivity index (χ1n) is 7.75. The summed E-state index contributed by atoms with van der Waals surface area (Å²) in [5.74, 6) is -0.822. The van der Waals surface area contributed by atoms with E-state index in [1.54, 1.807) is 24.3 Å². The number of Topliss-reactive ketones (excluding diaryl/α,β-unsaturated/α-hetero) is 1. The van der Waals surface area contributed by atoms with Gasteiger partial charge in [-0.3, -0.25) is 4.79 Å². The highest BCUT2D eigenvalue weighted by molar-refractivity contribution is 6.30. The summed E-state index contributed by atoms with van der Waals surface area (Å²) in [4.78, 5) is 12.4. The number of nitrogens with zero attached hydrogens (tertiary/aromatic N) is 2. The summed E-state index contributed by atoms with van der Waals surface area (Å²) in [6.07, 6.45) is 0.418. The third-order valence-corrected chi connectivity index (χ3v) is 5.06. The van der Waals surface area contributed by atoms with E-state index in [9.17, 15) is 15.3 Å². The van der Waals surface area contributed by atoms with Gasteiger partial charge in [0, 0.05) is 29.7 Å². The molecule has 3 nitrogen and oxygen atoms in total. The predicted molar refractivity (Wildman–Crippen MR) is 91.3 cm³/mol. The first-order valence-corrected chi connectivity index (χ1v) is 8.13. The predicted octanol–water partition coefficient (Wildman–Crippen LogP) is 4.60. The molecule has 0 saturated heterocycles. The molecule has 0 radical (unpaired) electrons. The van der Waals surface area contributed by atoms with E-state index in [4.69, 9.17) is 11.6 Å². The fraction of sp³-hybridized carbons (Fsp3) is 0.250. The first-order chi connectivity index (χ1) is 11.6. The van der Waals surface area contributed by atoms with Crippen LogP contribution < -0.4 is 0 Å². The van der Waals surface area contributed by atoms with E-state index in [0.29, 0.717) is 5.02 Å². The van der Waals surface area contributed by atoms with Crippen molar-refractivity contribution in [2.45, 2.75) is 24.7 Å². The maximum atomic E-state index is 12.4. The molecule has 0 unspecified atom stereocenters. The Kier molecular flexibility index (Phi) is 4.38. The molecule has 1 saturated carbocycles. The van der Waals surface area contributed by atoms with Crippen LogP contribution in [0.25, 0.3) is 0 Å². The van der Waals surface area contributed by atoms with Crippen molar-refractivity contribution < 1.29 is 4.79 Å². The van der Waals surface area contributed by atoms with E-state index >= 15 is 0 Å². The lowest BCUT2D eigenvalue weighted by atomic mass is 9.57. The van der Waals surface area contributed by atoms with Gasteiger partial charge in [0.1, 0.15) is 5.78 Å². The molecule has 2 aromatic carbocycles. The molecule has 0 N–H and O–H groups in total. The van der Waals surface area contributed by atoms with Gasteiger partial charge >= 0.3 is 0 Å². The number of ketones is 1. The standard InChI is InChI=1S/C20H15ClN2O/c21-16-8-6-15(7-9-16)19-11-17(24)10-18(20(19,12-22)13-23)14-4-2-1-3-5-14/h1-9,18-19H,10-11H2/t18-,19-/m1/s1. The fourth-order valence-corrected chi connectivity index (χ4v) is 3.71. The quantitative estimate of drug-likeness (QED) is 0.805. The second-order valence-corrected chi connectivity index (χ2v) is 6.54. The molecule has 0 aliphatic heterocycles. The highest BCUT2D eigenvalue weighted by Gasteiger charge is 2.52. The van der Waals surface area contributed by atoms with Gasteiger partial charge in [-0.15, -0.1) is 0 Å². The summed E-state index contributed by atoms with van der Waals surface area (Å²) in [6.45, 7) is 0. The van der Waals surface area contributed by atoms with Gasteiger partial charge in [-0.25, -0.2) is 0 Å². The molecule has 1 fully saturated rings. The fourth-order valence-electron chi connectivity index (χ4n) is 3.58. The van der Waals surface area contributed by atoms with Crippen LogP contribution in [-0.2, 0) is 4.79 Å². The average molecular weight is 335 g/mol. The van der Waals surface area contributed by atoms with Crippen molar-refractivity contribution in [1.82, 2.24) is 0 Å². The average Bonchev–Trinajstić information content (AvgIpc) is 2.63. The molecule has 0 aromatic heterocycles. The number of hydrogen-bond donors (Lipinski definition) is 0. The Balaban J connectivity index is 2.14. The maximum absolute atomic E-state index is 12.4. The van der Waals surface area contributed by atoms with E-state index in [0.717, 1.165) is 11.1 Å². The number of rotatable bonds is 2. The Morgan fingerprint density at radius 3 is 1.88 bits per heavy atom. The van der Waals surface area contributed by atoms with Crippen LogP contribution in [0.4, 0.5) is 0 Å². The van der Waals surface area contributed by atoms with Gasteiger partial charge < -0.3 is 0 Å². The Hall–Kier alpha value is -2.62. The van der Waals surface area contributed by atoms with Gasteiger partial charge in [-0.1, -0.05) is 54.1 Å². The van der Waals surface area contributed by atoms with Gasteiger partial charge in [-0.05, 0) is 23.3 Å². The zero-order chi connectivity index (χ0) is 17.2. The summed E-state index contributed by atoms with van der Waals surface area (Å²) < 4.78 is 0. The SMILES string of the molecule is N#CC1(C#N)[C@@H](c2ccccc2)CC(=O)C[C@@H]1c1ccc(Cl)cc1. The number of benzene rings is 2. The van der Waals surface area contributed by atoms with E-state index in [1.807, 2.05) is 30.3 Å². The minimum absolute atomic E-state index is 0.0740. The number of halogens is 1. The second-order valence-electron chi connectivity index (χ2n) is 6.11. The Morgan fingerprint density at radius 1 is 0.875 bits per heavy atom. The Bertz CT molecular complexity index is 817. The lowest BCUT2D eigenvalue weighted by molar-refractivity contribution is -0.122. The second kappa shape index (κ2) is 6.48. The van der Waals surface area contributed by atoms with Gasteiger partial charge in [0.05, 0.1) is 12.1 Å². The molecule has 4 heteroatoms. The molecule has 1 aliphatic carbocycles. The Labute approximate surface area is 146 Å². The zero-order valence-electron chi connectivity index (χ0n) is 12.9. The summed E-state index contributed by atoms with van der Waals surface area (Å²) in [6, 6.07) is 20.9. The van der Waals surface area contributed by atoms with Crippen molar-refractivity contribution in [3.63, 3.8) is 0 Å². The molecule has 0 heterocycles. The van der Waals surface area contributed by atoms with E-state index < -0.39 is 17.3 Å². The van der Waals surface area contributed by atoms with E-state index in [1.165, 1.54) is 0 Å². The molecule has 2 atom stereocenters. The maximum Gasteiger partial charge on any atom is 0.158 e. The van der Waals surface area contributed by atoms with Crippen molar-refractivity contribution in [1.29, 1.82) is 10.5 Å². The van der Waals surface area contributed by atoms with Crippen LogP contribution in [0.5, 0.6) is 0 Å². The lowest BCUT2D eigenvalue weighted by Crippen LogP contribution is -2.39. The van der Waals surface area contributed by atoms with Gasteiger partial charge in [0.15, 0.2) is 5.41 Å². The number of carbonyl (C=O) groups is 1. The minimum atomic E-state index is -1.27. The largest absolute Gasteiger partial charge is 0.300 e.